The summed E-state index contributed by atoms with van der Waals surface area (Å²) in [6.07, 6.45) is 4.23. The number of benzene rings is 1. The van der Waals surface area contributed by atoms with Crippen LogP contribution in [0.25, 0.3) is 0 Å². The highest BCUT2D eigenvalue weighted by Gasteiger charge is 2.16. The number of rotatable bonds is 5. The van der Waals surface area contributed by atoms with E-state index in [1.54, 1.807) is 6.20 Å². The summed E-state index contributed by atoms with van der Waals surface area (Å²) in [5.74, 6) is 0.820. The Hall–Kier alpha value is -2.40. The Morgan fingerprint density at radius 2 is 1.96 bits per heavy atom. The van der Waals surface area contributed by atoms with Crippen molar-refractivity contribution < 1.29 is 4.79 Å². The van der Waals surface area contributed by atoms with Crippen LogP contribution in [0.5, 0.6) is 0 Å². The molecule has 1 atom stereocenters. The third-order valence-electron chi connectivity index (χ3n) is 4.43. The lowest BCUT2D eigenvalue weighted by Crippen LogP contribution is -2.33. The minimum atomic E-state index is -0.648. The number of aryl methyl sites for hydroxylation is 1. The van der Waals surface area contributed by atoms with Gasteiger partial charge in [0.1, 0.15) is 11.9 Å². The van der Waals surface area contributed by atoms with Crippen LogP contribution in [0.2, 0.25) is 0 Å². The second kappa shape index (κ2) is 7.45. The Bertz CT molecular complexity index is 693. The van der Waals surface area contributed by atoms with Crippen molar-refractivity contribution in [2.45, 2.75) is 32.4 Å². The summed E-state index contributed by atoms with van der Waals surface area (Å²) in [6.45, 7) is 4.58. The van der Waals surface area contributed by atoms with Gasteiger partial charge in [0.15, 0.2) is 0 Å². The summed E-state index contributed by atoms with van der Waals surface area (Å²) in [5.41, 5.74) is 9.06. The summed E-state index contributed by atoms with van der Waals surface area (Å²) >= 11 is 0. The average Bonchev–Trinajstić information content (AvgIpc) is 3.15. The van der Waals surface area contributed by atoms with Gasteiger partial charge in [-0.25, -0.2) is 4.98 Å². The van der Waals surface area contributed by atoms with E-state index in [-0.39, 0.29) is 5.91 Å². The number of carbonyl (C=O) groups excluding carboxylic acids is 1. The van der Waals surface area contributed by atoms with Gasteiger partial charge in [0.2, 0.25) is 5.91 Å². The highest BCUT2D eigenvalue weighted by atomic mass is 16.2. The molecule has 1 amide bonds. The molecule has 2 heterocycles. The summed E-state index contributed by atoms with van der Waals surface area (Å²) < 4.78 is 0. The van der Waals surface area contributed by atoms with Gasteiger partial charge in [-0.2, -0.15) is 0 Å². The van der Waals surface area contributed by atoms with E-state index in [0.29, 0.717) is 6.54 Å². The van der Waals surface area contributed by atoms with Gasteiger partial charge in [-0.15, -0.1) is 0 Å². The maximum Gasteiger partial charge on any atom is 0.241 e. The number of aromatic nitrogens is 1. The lowest BCUT2D eigenvalue weighted by atomic mass is 10.1. The topological polar surface area (TPSA) is 71.2 Å². The molecule has 3 N–H and O–H groups in total. The molecule has 5 heteroatoms. The van der Waals surface area contributed by atoms with E-state index in [9.17, 15) is 4.79 Å². The number of anilines is 1. The van der Waals surface area contributed by atoms with E-state index < -0.39 is 6.04 Å². The van der Waals surface area contributed by atoms with Crippen LogP contribution in [-0.4, -0.2) is 24.0 Å². The number of amides is 1. The van der Waals surface area contributed by atoms with E-state index in [1.165, 1.54) is 12.8 Å². The predicted molar refractivity (Wildman–Crippen MR) is 95.6 cm³/mol. The number of nitrogens with one attached hydrogen (secondary N) is 1. The molecule has 1 fully saturated rings. The molecule has 1 aromatic carbocycles. The fourth-order valence-corrected chi connectivity index (χ4v) is 2.91. The first-order valence-electron chi connectivity index (χ1n) is 8.43. The molecule has 2 aromatic rings. The molecule has 1 aliphatic rings. The molecule has 1 unspecified atom stereocenters. The Labute approximate surface area is 142 Å². The number of carbonyl (C=O) groups is 1. The van der Waals surface area contributed by atoms with Gasteiger partial charge in [-0.1, -0.05) is 29.8 Å². The molecule has 0 radical (unpaired) electrons. The van der Waals surface area contributed by atoms with Crippen LogP contribution in [-0.2, 0) is 11.3 Å². The van der Waals surface area contributed by atoms with E-state index in [2.05, 4.69) is 15.2 Å². The molecule has 1 aromatic heterocycles. The minimum absolute atomic E-state index is 0.168. The molecule has 3 rings (SSSR count). The van der Waals surface area contributed by atoms with Crippen LogP contribution in [0.1, 0.15) is 35.6 Å². The van der Waals surface area contributed by atoms with Crippen molar-refractivity contribution in [3.63, 3.8) is 0 Å². The second-order valence-corrected chi connectivity index (χ2v) is 6.32. The first-order chi connectivity index (χ1) is 11.6. The van der Waals surface area contributed by atoms with Gasteiger partial charge in [0, 0.05) is 25.8 Å². The Balaban J connectivity index is 1.59. The second-order valence-electron chi connectivity index (χ2n) is 6.32. The molecule has 0 aliphatic carbocycles. The van der Waals surface area contributed by atoms with Crippen LogP contribution < -0.4 is 16.0 Å². The molecule has 5 nitrogen and oxygen atoms in total. The van der Waals surface area contributed by atoms with Crippen molar-refractivity contribution in [3.05, 3.63) is 59.3 Å². The molecule has 0 spiro atoms. The number of hydrogen-bond acceptors (Lipinski definition) is 4. The van der Waals surface area contributed by atoms with Gasteiger partial charge in [-0.3, -0.25) is 4.79 Å². The first-order valence-corrected chi connectivity index (χ1v) is 8.43. The van der Waals surface area contributed by atoms with E-state index in [1.807, 2.05) is 43.3 Å². The molecule has 0 bridgehead atoms. The molecule has 0 saturated carbocycles. The summed E-state index contributed by atoms with van der Waals surface area (Å²) in [7, 11) is 0. The average molecular weight is 324 g/mol. The van der Waals surface area contributed by atoms with Crippen LogP contribution in [0.15, 0.2) is 42.6 Å². The Kier molecular flexibility index (Phi) is 5.11. The van der Waals surface area contributed by atoms with Crippen molar-refractivity contribution in [1.82, 2.24) is 10.3 Å². The number of pyridine rings is 1. The Morgan fingerprint density at radius 1 is 1.25 bits per heavy atom. The van der Waals surface area contributed by atoms with Crippen LogP contribution in [0, 0.1) is 6.92 Å². The zero-order chi connectivity index (χ0) is 16.9. The number of hydrogen-bond donors (Lipinski definition) is 2. The smallest absolute Gasteiger partial charge is 0.241 e. The van der Waals surface area contributed by atoms with E-state index in [0.717, 1.165) is 35.6 Å². The summed E-state index contributed by atoms with van der Waals surface area (Å²) in [4.78, 5) is 19.0. The quantitative estimate of drug-likeness (QED) is 0.885. The van der Waals surface area contributed by atoms with E-state index in [4.69, 9.17) is 5.73 Å². The lowest BCUT2D eigenvalue weighted by Gasteiger charge is -2.17. The summed E-state index contributed by atoms with van der Waals surface area (Å²) in [6, 6.07) is 11.1. The first kappa shape index (κ1) is 16.5. The number of nitrogens with zero attached hydrogens (tertiary/aromatic N) is 2. The third kappa shape index (κ3) is 3.92. The maximum absolute atomic E-state index is 12.3. The monoisotopic (exact) mass is 324 g/mol. The van der Waals surface area contributed by atoms with Crippen LogP contribution >= 0.6 is 0 Å². The molecular formula is C19H24N4O. The van der Waals surface area contributed by atoms with Crippen LogP contribution in [0.4, 0.5) is 5.82 Å². The zero-order valence-electron chi connectivity index (χ0n) is 14.0. The lowest BCUT2D eigenvalue weighted by molar-refractivity contribution is -0.122. The van der Waals surface area contributed by atoms with Gasteiger partial charge < -0.3 is 16.0 Å². The molecule has 126 valence electrons. The van der Waals surface area contributed by atoms with Crippen molar-refractivity contribution in [2.24, 2.45) is 5.73 Å². The number of nitrogens with two attached hydrogens (primary N) is 1. The molecular weight excluding hydrogens is 300 g/mol. The van der Waals surface area contributed by atoms with Crippen molar-refractivity contribution in [1.29, 1.82) is 0 Å². The largest absolute Gasteiger partial charge is 0.357 e. The highest BCUT2D eigenvalue weighted by Crippen LogP contribution is 2.18. The molecule has 1 saturated heterocycles. The summed E-state index contributed by atoms with van der Waals surface area (Å²) in [5, 5.41) is 2.92. The molecule has 24 heavy (non-hydrogen) atoms. The fourth-order valence-electron chi connectivity index (χ4n) is 2.91. The standard InChI is InChI=1S/C19H24N4O/c1-14-4-6-16(7-5-14)18(20)19(24)22-13-15-8-9-21-17(12-15)23-10-2-3-11-23/h4-9,12,18H,2-3,10-11,13,20H2,1H3,(H,22,24). The van der Waals surface area contributed by atoms with Gasteiger partial charge in [0.05, 0.1) is 0 Å². The SMILES string of the molecule is Cc1ccc(C(N)C(=O)NCc2ccnc(N3CCCC3)c2)cc1. The Morgan fingerprint density at radius 3 is 2.67 bits per heavy atom. The van der Waals surface area contributed by atoms with Crippen molar-refractivity contribution >= 4 is 11.7 Å². The molecule has 1 aliphatic heterocycles. The van der Waals surface area contributed by atoms with E-state index >= 15 is 0 Å². The van der Waals surface area contributed by atoms with Crippen LogP contribution in [0.3, 0.4) is 0 Å². The normalized spacial score (nSPS) is 15.3. The highest BCUT2D eigenvalue weighted by molar-refractivity contribution is 5.82. The zero-order valence-corrected chi connectivity index (χ0v) is 14.0. The minimum Gasteiger partial charge on any atom is -0.357 e. The fraction of sp³-hybridized carbons (Fsp3) is 0.368. The van der Waals surface area contributed by atoms with Gasteiger partial charge in [0.25, 0.3) is 0 Å². The van der Waals surface area contributed by atoms with Crippen molar-refractivity contribution in [3.8, 4) is 0 Å². The van der Waals surface area contributed by atoms with Gasteiger partial charge >= 0.3 is 0 Å². The maximum atomic E-state index is 12.3. The third-order valence-corrected chi connectivity index (χ3v) is 4.43. The van der Waals surface area contributed by atoms with Crippen molar-refractivity contribution in [2.75, 3.05) is 18.0 Å². The van der Waals surface area contributed by atoms with Gasteiger partial charge in [-0.05, 0) is 43.0 Å². The predicted octanol–water partition coefficient (Wildman–Crippen LogP) is 2.31.